The molecule has 10 atom stereocenters. The molecule has 0 unspecified atom stereocenters. The number of ether oxygens (including phenoxy) is 9. The van der Waals surface area contributed by atoms with Crippen molar-refractivity contribution in [2.45, 2.75) is 91.1 Å². The highest BCUT2D eigenvalue weighted by molar-refractivity contribution is 5.89. The molecule has 15 nitrogen and oxygen atoms in total. The number of fused-ring (bicyclic) bond motifs is 1. The average Bonchev–Trinajstić information content (AvgIpc) is 3.20. The molecule has 2 aliphatic heterocycles. The molecule has 15 heteroatoms. The number of carbonyl (C=O) groups is 6. The van der Waals surface area contributed by atoms with Gasteiger partial charge >= 0.3 is 35.8 Å². The normalized spacial score (nSPS) is 33.5. The van der Waals surface area contributed by atoms with Crippen LogP contribution in [-0.2, 0) is 71.4 Å². The van der Waals surface area contributed by atoms with Crippen molar-refractivity contribution in [1.29, 1.82) is 0 Å². The fraction of sp³-hybridized carbons (Fsp3) is 0.704. The molecule has 0 aromatic carbocycles. The van der Waals surface area contributed by atoms with Gasteiger partial charge in [0.2, 0.25) is 12.6 Å². The summed E-state index contributed by atoms with van der Waals surface area (Å²) in [6.07, 6.45) is -7.30. The smallest absolute Gasteiger partial charge is 0.337 e. The third-order valence-electron chi connectivity index (χ3n) is 7.14. The lowest BCUT2D eigenvalue weighted by Gasteiger charge is -2.46. The Bertz CT molecular complexity index is 1100. The van der Waals surface area contributed by atoms with Crippen molar-refractivity contribution >= 4 is 35.8 Å². The van der Waals surface area contributed by atoms with Crippen molar-refractivity contribution < 1.29 is 71.4 Å². The fourth-order valence-corrected chi connectivity index (χ4v) is 5.57. The van der Waals surface area contributed by atoms with E-state index in [1.54, 1.807) is 6.92 Å². The summed E-state index contributed by atoms with van der Waals surface area (Å²) in [6.45, 7) is 7.11. The summed E-state index contributed by atoms with van der Waals surface area (Å²) < 4.78 is 49.8. The first-order chi connectivity index (χ1) is 19.7. The van der Waals surface area contributed by atoms with Crippen LogP contribution in [0.3, 0.4) is 0 Å². The third kappa shape index (κ3) is 7.76. The van der Waals surface area contributed by atoms with Crippen LogP contribution in [0.1, 0.15) is 48.0 Å². The molecule has 234 valence electrons. The molecule has 3 rings (SSSR count). The molecule has 1 aliphatic carbocycles. The van der Waals surface area contributed by atoms with Gasteiger partial charge in [-0.05, 0) is 6.42 Å². The summed E-state index contributed by atoms with van der Waals surface area (Å²) in [4.78, 5) is 72.1. The maximum Gasteiger partial charge on any atom is 0.337 e. The van der Waals surface area contributed by atoms with E-state index in [1.807, 2.05) is 0 Å². The van der Waals surface area contributed by atoms with Gasteiger partial charge in [0, 0.05) is 52.4 Å². The molecule has 0 spiro atoms. The van der Waals surface area contributed by atoms with Gasteiger partial charge < -0.3 is 42.6 Å². The highest BCUT2D eigenvalue weighted by Gasteiger charge is 2.57. The monoisotopic (exact) mass is 600 g/mol. The van der Waals surface area contributed by atoms with Gasteiger partial charge in [-0.25, -0.2) is 4.79 Å². The van der Waals surface area contributed by atoms with Gasteiger partial charge in [-0.1, -0.05) is 6.92 Å². The van der Waals surface area contributed by atoms with Crippen LogP contribution in [-0.4, -0.2) is 92.6 Å². The van der Waals surface area contributed by atoms with Crippen molar-refractivity contribution in [3.63, 3.8) is 0 Å². The Kier molecular flexibility index (Phi) is 10.9. The first-order valence-corrected chi connectivity index (χ1v) is 13.3. The second-order valence-corrected chi connectivity index (χ2v) is 10.2. The van der Waals surface area contributed by atoms with Crippen molar-refractivity contribution in [1.82, 2.24) is 0 Å². The lowest BCUT2D eigenvalue weighted by atomic mass is 9.83. The topological polar surface area (TPSA) is 185 Å². The van der Waals surface area contributed by atoms with Crippen LogP contribution in [0, 0.1) is 17.8 Å². The van der Waals surface area contributed by atoms with E-state index >= 15 is 0 Å². The second-order valence-electron chi connectivity index (χ2n) is 10.2. The minimum absolute atomic E-state index is 0.213. The van der Waals surface area contributed by atoms with Crippen LogP contribution >= 0.6 is 0 Å². The van der Waals surface area contributed by atoms with Crippen LogP contribution < -0.4 is 0 Å². The predicted octanol–water partition coefficient (Wildman–Crippen LogP) is 0.703. The fourth-order valence-electron chi connectivity index (χ4n) is 5.57. The zero-order valence-electron chi connectivity index (χ0n) is 24.4. The van der Waals surface area contributed by atoms with Gasteiger partial charge in [0.25, 0.3) is 0 Å². The van der Waals surface area contributed by atoms with Crippen LogP contribution in [0.2, 0.25) is 0 Å². The number of esters is 6. The van der Waals surface area contributed by atoms with Crippen molar-refractivity contribution in [2.24, 2.45) is 17.8 Å². The lowest BCUT2D eigenvalue weighted by molar-refractivity contribution is -0.345. The molecule has 0 bridgehead atoms. The number of methoxy groups -OCH3 is 1. The Labute approximate surface area is 242 Å². The minimum atomic E-state index is -1.51. The number of hydrogen-bond acceptors (Lipinski definition) is 15. The molecule has 3 aliphatic rings. The highest BCUT2D eigenvalue weighted by Crippen LogP contribution is 2.49. The first-order valence-electron chi connectivity index (χ1n) is 13.3. The van der Waals surface area contributed by atoms with E-state index in [1.165, 1.54) is 20.3 Å². The molecule has 0 aromatic heterocycles. The minimum Gasteiger partial charge on any atom is -0.472 e. The number of rotatable bonds is 9. The van der Waals surface area contributed by atoms with E-state index in [0.717, 1.165) is 27.7 Å². The highest BCUT2D eigenvalue weighted by atomic mass is 16.8. The van der Waals surface area contributed by atoms with Crippen LogP contribution in [0.5, 0.6) is 0 Å². The van der Waals surface area contributed by atoms with Crippen LogP contribution in [0.15, 0.2) is 11.8 Å². The van der Waals surface area contributed by atoms with Crippen LogP contribution in [0.4, 0.5) is 0 Å². The molecule has 1 saturated heterocycles. The third-order valence-corrected chi connectivity index (χ3v) is 7.14. The van der Waals surface area contributed by atoms with E-state index < -0.39 is 97.4 Å². The maximum absolute atomic E-state index is 12.5. The summed E-state index contributed by atoms with van der Waals surface area (Å²) in [5.41, 5.74) is 0.213. The van der Waals surface area contributed by atoms with E-state index in [9.17, 15) is 28.8 Å². The molecule has 0 amide bonds. The summed E-state index contributed by atoms with van der Waals surface area (Å²) >= 11 is 0. The van der Waals surface area contributed by atoms with Crippen LogP contribution in [0.25, 0.3) is 0 Å². The maximum atomic E-state index is 12.5. The average molecular weight is 601 g/mol. The zero-order chi connectivity index (χ0) is 31.3. The Morgan fingerprint density at radius 2 is 1.36 bits per heavy atom. The SMILES string of the molecule is COC(=O)C1=CO[C@@H](O[C@@H]2O[C@H](COC(C)=O)[C@@H](OC(C)=O)[C@H](OC(C)=O)[C@H]2OC(C)=O)[C@@H]2[C@@H](C)[C@@H](OC(C)=O)C[C@H]12. The van der Waals surface area contributed by atoms with Crippen molar-refractivity contribution in [2.75, 3.05) is 13.7 Å². The van der Waals surface area contributed by atoms with Gasteiger partial charge in [0.05, 0.1) is 18.9 Å². The molecule has 0 aromatic rings. The summed E-state index contributed by atoms with van der Waals surface area (Å²) in [6, 6.07) is 0. The zero-order valence-corrected chi connectivity index (χ0v) is 24.4. The van der Waals surface area contributed by atoms with Crippen molar-refractivity contribution in [3.05, 3.63) is 11.8 Å². The van der Waals surface area contributed by atoms with E-state index in [0.29, 0.717) is 0 Å². The summed E-state index contributed by atoms with van der Waals surface area (Å²) in [7, 11) is 1.22. The van der Waals surface area contributed by atoms with Gasteiger partial charge in [0.1, 0.15) is 18.8 Å². The van der Waals surface area contributed by atoms with Gasteiger partial charge in [0.15, 0.2) is 18.3 Å². The van der Waals surface area contributed by atoms with E-state index in [4.69, 9.17) is 42.6 Å². The molecule has 42 heavy (non-hydrogen) atoms. The molecule has 2 heterocycles. The lowest BCUT2D eigenvalue weighted by Crippen LogP contribution is -2.63. The standard InChI is InChI=1S/C27H36O15/c1-11-19(37-13(3)29)8-17-18(25(33)34-7)9-36-26(21(11)17)42-27-24(40-16(6)32)23(39-15(5)31)22(38-14(4)30)20(41-27)10-35-12(2)28/h9,11,17,19-24,26-27H,8,10H2,1-7H3/t11-,17+,19-,20+,21+,22+,23-,24+,26-,27-/m0/s1. The van der Waals surface area contributed by atoms with E-state index in [-0.39, 0.29) is 17.9 Å². The number of carbonyl (C=O) groups excluding carboxylic acids is 6. The quantitative estimate of drug-likeness (QED) is 0.266. The molecular weight excluding hydrogens is 564 g/mol. The largest absolute Gasteiger partial charge is 0.472 e. The Morgan fingerprint density at radius 3 is 1.90 bits per heavy atom. The molecule has 1 saturated carbocycles. The molecule has 2 fully saturated rings. The first kappa shape index (κ1) is 32.8. The molecule has 0 radical (unpaired) electrons. The Balaban J connectivity index is 2.01. The molecule has 0 N–H and O–H groups in total. The Hall–Kier alpha value is -3.72. The van der Waals surface area contributed by atoms with E-state index in [2.05, 4.69) is 0 Å². The predicted molar refractivity (Wildman–Crippen MR) is 134 cm³/mol. The van der Waals surface area contributed by atoms with Gasteiger partial charge in [-0.15, -0.1) is 0 Å². The summed E-state index contributed by atoms with van der Waals surface area (Å²) in [5, 5.41) is 0. The van der Waals surface area contributed by atoms with Gasteiger partial charge in [-0.2, -0.15) is 0 Å². The Morgan fingerprint density at radius 1 is 0.786 bits per heavy atom. The molecular formula is C27H36O15. The number of hydrogen-bond donors (Lipinski definition) is 0. The second kappa shape index (κ2) is 14.0. The summed E-state index contributed by atoms with van der Waals surface area (Å²) in [5.74, 6) is -5.66. The van der Waals surface area contributed by atoms with Gasteiger partial charge in [-0.3, -0.25) is 24.0 Å². The van der Waals surface area contributed by atoms with Crippen molar-refractivity contribution in [3.8, 4) is 0 Å².